The maximum Gasteiger partial charge on any atom is 0.270 e. The number of rotatable bonds is 6. The minimum absolute atomic E-state index is 0.0471. The Morgan fingerprint density at radius 3 is 2.62 bits per heavy atom. The molecule has 1 N–H and O–H groups in total. The molecular formula is C20H22N4O2. The van der Waals surface area contributed by atoms with Crippen LogP contribution in [-0.2, 0) is 6.42 Å². The second kappa shape index (κ2) is 7.93. The van der Waals surface area contributed by atoms with E-state index >= 15 is 0 Å². The molecule has 0 aliphatic rings. The minimum atomic E-state index is -0.402. The lowest BCUT2D eigenvalue weighted by Gasteiger charge is -2.24. The van der Waals surface area contributed by atoms with E-state index in [0.29, 0.717) is 12.2 Å². The summed E-state index contributed by atoms with van der Waals surface area (Å²) < 4.78 is 1.38. The summed E-state index contributed by atoms with van der Waals surface area (Å²) in [5.41, 5.74) is 1.40. The zero-order chi connectivity index (χ0) is 18.5. The molecule has 134 valence electrons. The Bertz CT molecular complexity index is 951. The number of nitrogens with zero attached hydrogens (tertiary/aromatic N) is 3. The maximum absolute atomic E-state index is 12.5. The van der Waals surface area contributed by atoms with E-state index in [1.165, 1.54) is 16.2 Å². The van der Waals surface area contributed by atoms with Gasteiger partial charge in [0.05, 0.1) is 0 Å². The Morgan fingerprint density at radius 1 is 1.15 bits per heavy atom. The van der Waals surface area contributed by atoms with Gasteiger partial charge in [0, 0.05) is 25.0 Å². The number of benzene rings is 1. The first-order chi connectivity index (χ1) is 12.6. The van der Waals surface area contributed by atoms with Gasteiger partial charge in [-0.15, -0.1) is 0 Å². The van der Waals surface area contributed by atoms with E-state index < -0.39 is 5.91 Å². The second-order valence-electron chi connectivity index (χ2n) is 6.42. The molecule has 1 aromatic carbocycles. The molecule has 1 atom stereocenters. The fourth-order valence-corrected chi connectivity index (χ4v) is 2.81. The largest absolute Gasteiger partial charge is 0.350 e. The fourth-order valence-electron chi connectivity index (χ4n) is 2.81. The monoisotopic (exact) mass is 350 g/mol. The van der Waals surface area contributed by atoms with Crippen LogP contribution in [0.5, 0.6) is 0 Å². The van der Waals surface area contributed by atoms with Gasteiger partial charge < -0.3 is 10.2 Å². The van der Waals surface area contributed by atoms with E-state index in [-0.39, 0.29) is 17.2 Å². The number of carbonyl (C=O) groups excluding carboxylic acids is 1. The van der Waals surface area contributed by atoms with Gasteiger partial charge in [-0.05, 0) is 38.2 Å². The molecule has 2 heterocycles. The van der Waals surface area contributed by atoms with E-state index in [0.717, 1.165) is 6.42 Å². The lowest BCUT2D eigenvalue weighted by molar-refractivity contribution is 0.0939. The number of amides is 1. The number of likely N-dealkylation sites (N-methyl/N-ethyl adjacent to an activating group) is 1. The number of aromatic nitrogens is 2. The zero-order valence-corrected chi connectivity index (χ0v) is 14.9. The summed E-state index contributed by atoms with van der Waals surface area (Å²) in [6, 6.07) is 15.5. The normalized spacial score (nSPS) is 12.3. The Kier molecular flexibility index (Phi) is 5.43. The Labute approximate surface area is 152 Å². The van der Waals surface area contributed by atoms with E-state index in [9.17, 15) is 9.59 Å². The van der Waals surface area contributed by atoms with Crippen molar-refractivity contribution < 1.29 is 4.79 Å². The molecule has 0 radical (unpaired) electrons. The third kappa shape index (κ3) is 3.97. The van der Waals surface area contributed by atoms with E-state index in [4.69, 9.17) is 0 Å². The van der Waals surface area contributed by atoms with E-state index in [2.05, 4.69) is 27.3 Å². The number of fused-ring (bicyclic) bond motifs is 1. The van der Waals surface area contributed by atoms with Crippen molar-refractivity contribution >= 4 is 11.6 Å². The molecule has 2 aromatic heterocycles. The van der Waals surface area contributed by atoms with Gasteiger partial charge in [-0.3, -0.25) is 14.0 Å². The van der Waals surface area contributed by atoms with Crippen LogP contribution >= 0.6 is 0 Å². The third-order valence-electron chi connectivity index (χ3n) is 4.40. The predicted molar refractivity (Wildman–Crippen MR) is 101 cm³/mol. The first-order valence-electron chi connectivity index (χ1n) is 8.51. The van der Waals surface area contributed by atoms with Crippen molar-refractivity contribution in [3.8, 4) is 0 Å². The Morgan fingerprint density at radius 2 is 1.88 bits per heavy atom. The molecule has 0 saturated carbocycles. The average molecular weight is 350 g/mol. The summed E-state index contributed by atoms with van der Waals surface area (Å²) in [5.74, 6) is -0.402. The number of carbonyl (C=O) groups is 1. The second-order valence-corrected chi connectivity index (χ2v) is 6.42. The quantitative estimate of drug-likeness (QED) is 0.733. The van der Waals surface area contributed by atoms with E-state index in [1.54, 1.807) is 24.4 Å². The molecule has 26 heavy (non-hydrogen) atoms. The maximum atomic E-state index is 12.5. The van der Waals surface area contributed by atoms with Crippen LogP contribution in [-0.4, -0.2) is 46.9 Å². The van der Waals surface area contributed by atoms with Gasteiger partial charge in [-0.2, -0.15) is 0 Å². The van der Waals surface area contributed by atoms with Crippen LogP contribution in [0.1, 0.15) is 15.9 Å². The van der Waals surface area contributed by atoms with Crippen molar-refractivity contribution in [2.24, 2.45) is 0 Å². The molecule has 0 aliphatic carbocycles. The topological polar surface area (TPSA) is 66.7 Å². The van der Waals surface area contributed by atoms with Crippen LogP contribution in [0, 0.1) is 0 Å². The van der Waals surface area contributed by atoms with Gasteiger partial charge in [0.15, 0.2) is 0 Å². The van der Waals surface area contributed by atoms with E-state index in [1.807, 2.05) is 32.3 Å². The van der Waals surface area contributed by atoms with Crippen molar-refractivity contribution in [2.75, 3.05) is 20.6 Å². The van der Waals surface area contributed by atoms with Gasteiger partial charge in [-0.25, -0.2) is 4.98 Å². The molecule has 0 spiro atoms. The molecule has 0 bridgehead atoms. The number of pyridine rings is 1. The lowest BCUT2D eigenvalue weighted by atomic mass is 10.1. The van der Waals surface area contributed by atoms with Gasteiger partial charge in [-0.1, -0.05) is 36.4 Å². The van der Waals surface area contributed by atoms with Gasteiger partial charge in [0.2, 0.25) is 0 Å². The smallest absolute Gasteiger partial charge is 0.270 e. The van der Waals surface area contributed by atoms with Crippen LogP contribution < -0.4 is 10.9 Å². The Hall–Kier alpha value is -2.99. The molecule has 0 saturated heterocycles. The standard InChI is InChI=1S/C20H22N4O2/c1-23(2)16(12-15-8-4-3-5-9-15)13-22-19(25)17-14-21-18-10-6-7-11-24(18)20(17)26/h3-11,14,16H,12-13H2,1-2H3,(H,22,25). The van der Waals surface area contributed by atoms with Crippen LogP contribution in [0.25, 0.3) is 5.65 Å². The number of hydrogen-bond acceptors (Lipinski definition) is 4. The van der Waals surface area contributed by atoms with Crippen molar-refractivity contribution in [2.45, 2.75) is 12.5 Å². The number of nitrogens with one attached hydrogen (secondary N) is 1. The predicted octanol–water partition coefficient (Wildman–Crippen LogP) is 1.60. The highest BCUT2D eigenvalue weighted by Gasteiger charge is 2.17. The average Bonchev–Trinajstić information content (AvgIpc) is 2.66. The molecule has 1 unspecified atom stereocenters. The highest BCUT2D eigenvalue weighted by Crippen LogP contribution is 2.06. The van der Waals surface area contributed by atoms with Gasteiger partial charge in [0.25, 0.3) is 11.5 Å². The van der Waals surface area contributed by atoms with Crippen LogP contribution in [0.4, 0.5) is 0 Å². The van der Waals surface area contributed by atoms with Crippen molar-refractivity contribution in [3.05, 3.63) is 82.4 Å². The summed E-state index contributed by atoms with van der Waals surface area (Å²) >= 11 is 0. The SMILES string of the molecule is CN(C)C(CNC(=O)c1cnc2ccccn2c1=O)Cc1ccccc1. The Balaban J connectivity index is 1.72. The first kappa shape index (κ1) is 17.8. The van der Waals surface area contributed by atoms with Crippen LogP contribution in [0.3, 0.4) is 0 Å². The molecule has 3 rings (SSSR count). The summed E-state index contributed by atoms with van der Waals surface area (Å²) in [6.07, 6.45) is 3.76. The van der Waals surface area contributed by atoms with Crippen molar-refractivity contribution in [1.29, 1.82) is 0 Å². The lowest BCUT2D eigenvalue weighted by Crippen LogP contribution is -2.43. The number of hydrogen-bond donors (Lipinski definition) is 1. The molecule has 0 aliphatic heterocycles. The fraction of sp³-hybridized carbons (Fsp3) is 0.250. The summed E-state index contributed by atoms with van der Waals surface area (Å²) in [7, 11) is 3.96. The van der Waals surface area contributed by atoms with Crippen molar-refractivity contribution in [3.63, 3.8) is 0 Å². The van der Waals surface area contributed by atoms with Crippen LogP contribution in [0.2, 0.25) is 0 Å². The highest BCUT2D eigenvalue weighted by molar-refractivity contribution is 5.93. The summed E-state index contributed by atoms with van der Waals surface area (Å²) in [4.78, 5) is 31.2. The molecule has 3 aromatic rings. The van der Waals surface area contributed by atoms with Gasteiger partial charge in [0.1, 0.15) is 11.2 Å². The molecule has 1 amide bonds. The minimum Gasteiger partial charge on any atom is -0.350 e. The first-order valence-corrected chi connectivity index (χ1v) is 8.51. The highest BCUT2D eigenvalue weighted by atomic mass is 16.2. The molecular weight excluding hydrogens is 328 g/mol. The zero-order valence-electron chi connectivity index (χ0n) is 14.9. The third-order valence-corrected chi connectivity index (χ3v) is 4.40. The summed E-state index contributed by atoms with van der Waals surface area (Å²) in [5, 5.41) is 2.87. The molecule has 6 nitrogen and oxygen atoms in total. The molecule has 6 heteroatoms. The summed E-state index contributed by atoms with van der Waals surface area (Å²) in [6.45, 7) is 0.442. The molecule has 0 fully saturated rings. The van der Waals surface area contributed by atoms with Crippen LogP contribution in [0.15, 0.2) is 65.7 Å². The van der Waals surface area contributed by atoms with Gasteiger partial charge >= 0.3 is 0 Å². The van der Waals surface area contributed by atoms with Crippen molar-refractivity contribution in [1.82, 2.24) is 19.6 Å².